The van der Waals surface area contributed by atoms with Gasteiger partial charge in [0.25, 0.3) is 0 Å². The maximum absolute atomic E-state index is 9.93. The Morgan fingerprint density at radius 2 is 0.939 bits per heavy atom. The molecule has 0 aliphatic carbocycles. The Bertz CT molecular complexity index is 3850. The molecule has 0 unspecified atom stereocenters. The van der Waals surface area contributed by atoms with Crippen LogP contribution >= 0.6 is 0 Å². The fourth-order valence-corrected chi connectivity index (χ4v) is 6.67. The van der Waals surface area contributed by atoms with Crippen LogP contribution in [-0.4, -0.2) is 0 Å². The van der Waals surface area contributed by atoms with Crippen molar-refractivity contribution in [3.63, 3.8) is 0 Å². The fraction of sp³-hybridized carbons (Fsp3) is 0. The van der Waals surface area contributed by atoms with E-state index < -0.39 is 164 Å². The summed E-state index contributed by atoms with van der Waals surface area (Å²) < 4.78 is 179. The second-order valence-corrected chi connectivity index (χ2v) is 11.4. The van der Waals surface area contributed by atoms with E-state index in [1.54, 1.807) is 18.2 Å². The lowest BCUT2D eigenvalue weighted by Gasteiger charge is -2.19. The third-order valence-electron chi connectivity index (χ3n) is 8.75. The van der Waals surface area contributed by atoms with E-state index in [2.05, 4.69) is 0 Å². The molecule has 1 heteroatoms. The molecule has 1 heterocycles. The summed E-state index contributed by atoms with van der Waals surface area (Å²) in [5.74, 6) is 0. The Labute approximate surface area is 311 Å². The van der Waals surface area contributed by atoms with Crippen LogP contribution < -0.4 is 0 Å². The average Bonchev–Trinajstić information content (AvgIpc) is 3.72. The number of rotatable bonds is 4. The molecule has 0 amide bonds. The second-order valence-electron chi connectivity index (χ2n) is 11.4. The highest BCUT2D eigenvalue weighted by Gasteiger charge is 2.20. The van der Waals surface area contributed by atoms with Gasteiger partial charge >= 0.3 is 0 Å². The highest BCUT2D eigenvalue weighted by Crippen LogP contribution is 2.47. The van der Waals surface area contributed by atoms with Crippen molar-refractivity contribution < 1.29 is 30.5 Å². The van der Waals surface area contributed by atoms with Crippen molar-refractivity contribution in [2.24, 2.45) is 0 Å². The summed E-state index contributed by atoms with van der Waals surface area (Å²) in [6.07, 6.45) is 0. The van der Waals surface area contributed by atoms with Crippen molar-refractivity contribution in [3.05, 3.63) is 182 Å². The van der Waals surface area contributed by atoms with Crippen LogP contribution in [-0.2, 0) is 0 Å². The zero-order chi connectivity index (χ0) is 48.8. The van der Waals surface area contributed by atoms with Crippen LogP contribution in [0.3, 0.4) is 0 Å². The summed E-state index contributed by atoms with van der Waals surface area (Å²) in [5.41, 5.74) is 0.358. The van der Waals surface area contributed by atoms with Gasteiger partial charge in [-0.1, -0.05) is 163 Å². The third kappa shape index (κ3) is 4.33. The van der Waals surface area contributed by atoms with Gasteiger partial charge in [0.15, 0.2) is 0 Å². The predicted molar refractivity (Wildman–Crippen MR) is 208 cm³/mol. The SMILES string of the molecule is [2H]c1c([2H])c([2H])c(-c2c3c([2H])c([2H])c([2H])c([2H])c3c(-c3c([2H])c([2H])c(-c4cccc5oc6cc(-c7ccccc7)ccc6c45)c4c([2H])c([2H])c([2H])c([2H])c34)c3c([2H])c([2H])c([2H])c([2H])c23)c([2H])c1[2H]. The summed E-state index contributed by atoms with van der Waals surface area (Å²) >= 11 is 0. The monoisotopic (exact) mass is 641 g/mol. The standard InChI is InChI=1S/C48H30O/c1-3-14-31(15-4-1)33-26-27-43-45(30-33)49-44-25-13-24-37(48(43)44)36-28-29-42(35-19-8-7-18-34(35)36)47-40-22-11-9-20-38(40)46(32-16-5-2-6-17-32)39-21-10-12-23-41(39)47/h1-30H/i2D,5D,6D,7D,8D,9D,10D,11D,12D,16D,17D,18D,19D,20D,21D,22D,23D,28D,29D. The van der Waals surface area contributed by atoms with Crippen molar-refractivity contribution in [1.82, 2.24) is 0 Å². The summed E-state index contributed by atoms with van der Waals surface area (Å²) in [7, 11) is 0. The molecule has 0 radical (unpaired) electrons. The van der Waals surface area contributed by atoms with Crippen molar-refractivity contribution in [2.75, 3.05) is 0 Å². The minimum absolute atomic E-state index is 0.130. The number of hydrogen-bond donors (Lipinski definition) is 0. The molecule has 0 aliphatic heterocycles. The van der Waals surface area contributed by atoms with E-state index in [4.69, 9.17) is 19.5 Å². The quantitative estimate of drug-likeness (QED) is 0.174. The smallest absolute Gasteiger partial charge is 0.136 e. The van der Waals surface area contributed by atoms with Crippen LogP contribution in [0, 0.1) is 0 Å². The van der Waals surface area contributed by atoms with Gasteiger partial charge in [0.1, 0.15) is 11.2 Å². The molecule has 0 aliphatic rings. The van der Waals surface area contributed by atoms with Crippen molar-refractivity contribution >= 4 is 54.3 Å². The van der Waals surface area contributed by atoms with E-state index >= 15 is 0 Å². The molecule has 0 saturated heterocycles. The van der Waals surface area contributed by atoms with E-state index in [1.165, 1.54) is 0 Å². The molecule has 10 rings (SSSR count). The summed E-state index contributed by atoms with van der Waals surface area (Å²) in [6, 6.07) is 4.58. The van der Waals surface area contributed by atoms with Gasteiger partial charge in [-0.05, 0) is 95.0 Å². The van der Waals surface area contributed by atoms with E-state index in [1.807, 2.05) is 48.5 Å². The van der Waals surface area contributed by atoms with E-state index in [0.29, 0.717) is 21.9 Å². The van der Waals surface area contributed by atoms with Crippen LogP contribution in [0.4, 0.5) is 0 Å². The molecule has 0 fully saturated rings. The highest BCUT2D eigenvalue weighted by molar-refractivity contribution is 6.25. The maximum Gasteiger partial charge on any atom is 0.136 e. The van der Waals surface area contributed by atoms with Crippen LogP contribution in [0.15, 0.2) is 186 Å². The Morgan fingerprint density at radius 3 is 1.63 bits per heavy atom. The van der Waals surface area contributed by atoms with Crippen molar-refractivity contribution in [1.29, 1.82) is 0 Å². The topological polar surface area (TPSA) is 13.1 Å². The van der Waals surface area contributed by atoms with E-state index in [0.717, 1.165) is 11.1 Å². The van der Waals surface area contributed by atoms with Crippen molar-refractivity contribution in [2.45, 2.75) is 0 Å². The van der Waals surface area contributed by atoms with Crippen molar-refractivity contribution in [3.8, 4) is 44.5 Å². The number of furan rings is 1. The lowest BCUT2D eigenvalue weighted by atomic mass is 9.83. The molecule has 9 aromatic carbocycles. The first-order valence-corrected chi connectivity index (χ1v) is 15.3. The van der Waals surface area contributed by atoms with Crippen LogP contribution in [0.2, 0.25) is 0 Å². The number of fused-ring (bicyclic) bond motifs is 6. The lowest BCUT2D eigenvalue weighted by Crippen LogP contribution is -1.92. The van der Waals surface area contributed by atoms with E-state index in [9.17, 15) is 11.0 Å². The van der Waals surface area contributed by atoms with Crippen LogP contribution in [0.1, 0.15) is 26.0 Å². The van der Waals surface area contributed by atoms with Gasteiger partial charge in [0, 0.05) is 10.8 Å². The molecule has 1 aromatic heterocycles. The minimum atomic E-state index is -0.870. The van der Waals surface area contributed by atoms with Gasteiger partial charge in [-0.2, -0.15) is 0 Å². The van der Waals surface area contributed by atoms with Gasteiger partial charge in [0.2, 0.25) is 0 Å². The van der Waals surface area contributed by atoms with Gasteiger partial charge in [0.05, 0.1) is 26.0 Å². The lowest BCUT2D eigenvalue weighted by molar-refractivity contribution is 0.669. The molecule has 0 spiro atoms. The normalized spacial score (nSPS) is 17.1. The molecule has 1 nitrogen and oxygen atoms in total. The van der Waals surface area contributed by atoms with E-state index in [-0.39, 0.29) is 16.5 Å². The molecule has 0 bridgehead atoms. The average molecular weight is 642 g/mol. The van der Waals surface area contributed by atoms with Gasteiger partial charge in [-0.15, -0.1) is 0 Å². The largest absolute Gasteiger partial charge is 0.456 e. The van der Waals surface area contributed by atoms with Crippen LogP contribution in [0.5, 0.6) is 0 Å². The molecule has 0 atom stereocenters. The fourth-order valence-electron chi connectivity index (χ4n) is 6.67. The summed E-state index contributed by atoms with van der Waals surface area (Å²) in [5, 5.41) is -1.99. The zero-order valence-corrected chi connectivity index (χ0v) is 25.3. The van der Waals surface area contributed by atoms with Gasteiger partial charge in [-0.3, -0.25) is 0 Å². The third-order valence-corrected chi connectivity index (χ3v) is 8.75. The van der Waals surface area contributed by atoms with Gasteiger partial charge in [-0.25, -0.2) is 0 Å². The Kier molecular flexibility index (Phi) is 3.34. The zero-order valence-electron chi connectivity index (χ0n) is 44.3. The first kappa shape index (κ1) is 14.8. The second kappa shape index (κ2) is 11.1. The molecule has 0 N–H and O–H groups in total. The number of benzene rings is 9. The first-order chi connectivity index (χ1) is 32.2. The molecule has 49 heavy (non-hydrogen) atoms. The molecule has 0 saturated carbocycles. The Balaban J connectivity index is 1.46. The van der Waals surface area contributed by atoms with Crippen LogP contribution in [0.25, 0.3) is 98.8 Å². The maximum atomic E-state index is 9.93. The molecular formula is C48H30O. The highest BCUT2D eigenvalue weighted by atomic mass is 16.3. The Hall–Kier alpha value is -6.44. The number of hydrogen-bond acceptors (Lipinski definition) is 1. The summed E-state index contributed by atoms with van der Waals surface area (Å²) in [6.45, 7) is 0. The summed E-state index contributed by atoms with van der Waals surface area (Å²) in [4.78, 5) is 0. The van der Waals surface area contributed by atoms with Gasteiger partial charge < -0.3 is 4.42 Å². The Morgan fingerprint density at radius 1 is 0.347 bits per heavy atom. The predicted octanol–water partition coefficient (Wildman–Crippen LogP) is 13.7. The first-order valence-electron chi connectivity index (χ1n) is 24.8. The molecule has 10 aromatic rings. The molecule has 228 valence electrons. The molecular weight excluding hydrogens is 593 g/mol. The minimum Gasteiger partial charge on any atom is -0.456 e.